The molecule has 0 saturated heterocycles. The van der Waals surface area contributed by atoms with Crippen LogP contribution in [0.5, 0.6) is 11.5 Å². The maximum Gasteiger partial charge on any atom is 0.342 e. The molecule has 0 aromatic heterocycles. The maximum atomic E-state index is 12.3. The summed E-state index contributed by atoms with van der Waals surface area (Å²) < 4.78 is 5.33. The van der Waals surface area contributed by atoms with E-state index >= 15 is 0 Å². The Balaban J connectivity index is 2.34. The fourth-order valence-corrected chi connectivity index (χ4v) is 2.46. The SMILES string of the molecule is C[C@H]1C/C=C/[C@@H](O)CCC/C=C/c2cc(O)cc(O)c2C(=O)O1. The maximum absolute atomic E-state index is 12.3. The van der Waals surface area contributed by atoms with Gasteiger partial charge in [0.1, 0.15) is 23.2 Å². The van der Waals surface area contributed by atoms with Gasteiger partial charge in [0.25, 0.3) is 0 Å². The summed E-state index contributed by atoms with van der Waals surface area (Å²) in [6, 6.07) is 2.54. The van der Waals surface area contributed by atoms with Crippen molar-refractivity contribution < 1.29 is 24.9 Å². The van der Waals surface area contributed by atoms with Gasteiger partial charge in [-0.25, -0.2) is 4.79 Å². The molecule has 124 valence electrons. The molecule has 0 aliphatic carbocycles. The number of cyclic esters (lactones) is 1. The van der Waals surface area contributed by atoms with Crippen LogP contribution < -0.4 is 0 Å². The Labute approximate surface area is 135 Å². The number of aliphatic hydroxyl groups excluding tert-OH is 1. The van der Waals surface area contributed by atoms with Gasteiger partial charge in [-0.15, -0.1) is 0 Å². The third kappa shape index (κ3) is 4.86. The number of rotatable bonds is 0. The molecule has 0 saturated carbocycles. The first-order valence-electron chi connectivity index (χ1n) is 7.75. The highest BCUT2D eigenvalue weighted by molar-refractivity contribution is 5.97. The topological polar surface area (TPSA) is 87.0 Å². The second kappa shape index (κ2) is 7.83. The quantitative estimate of drug-likeness (QED) is 0.505. The number of benzene rings is 1. The molecule has 5 nitrogen and oxygen atoms in total. The second-order valence-electron chi connectivity index (χ2n) is 5.71. The Hall–Kier alpha value is -2.27. The molecule has 0 bridgehead atoms. The van der Waals surface area contributed by atoms with Gasteiger partial charge in [0.2, 0.25) is 0 Å². The number of hydrogen-bond donors (Lipinski definition) is 3. The summed E-state index contributed by atoms with van der Waals surface area (Å²) in [4.78, 5) is 12.3. The summed E-state index contributed by atoms with van der Waals surface area (Å²) in [5.41, 5.74) is 0.458. The van der Waals surface area contributed by atoms with Crippen LogP contribution in [0.2, 0.25) is 0 Å². The predicted octanol–water partition coefficient (Wildman–Crippen LogP) is 3.15. The summed E-state index contributed by atoms with van der Waals surface area (Å²) >= 11 is 0. The molecule has 0 amide bonds. The number of aromatic hydroxyl groups is 2. The molecule has 0 spiro atoms. The van der Waals surface area contributed by atoms with Crippen LogP contribution in [-0.4, -0.2) is 33.5 Å². The molecule has 1 aromatic rings. The fraction of sp³-hybridized carbons (Fsp3) is 0.389. The Morgan fingerprint density at radius 2 is 2.00 bits per heavy atom. The van der Waals surface area contributed by atoms with Gasteiger partial charge in [0.15, 0.2) is 0 Å². The van der Waals surface area contributed by atoms with E-state index in [9.17, 15) is 20.1 Å². The molecule has 1 aromatic carbocycles. The van der Waals surface area contributed by atoms with Crippen molar-refractivity contribution in [1.82, 2.24) is 0 Å². The Kier molecular flexibility index (Phi) is 5.82. The monoisotopic (exact) mass is 318 g/mol. The van der Waals surface area contributed by atoms with Gasteiger partial charge in [0.05, 0.1) is 6.10 Å². The van der Waals surface area contributed by atoms with E-state index in [1.807, 2.05) is 6.08 Å². The van der Waals surface area contributed by atoms with Gasteiger partial charge in [-0.2, -0.15) is 0 Å². The smallest absolute Gasteiger partial charge is 0.342 e. The van der Waals surface area contributed by atoms with E-state index in [0.29, 0.717) is 24.8 Å². The average Bonchev–Trinajstić information content (AvgIpc) is 2.45. The Morgan fingerprint density at radius 1 is 1.22 bits per heavy atom. The molecule has 1 aliphatic rings. The van der Waals surface area contributed by atoms with Crippen molar-refractivity contribution in [2.24, 2.45) is 0 Å². The molecule has 0 radical (unpaired) electrons. The molecule has 2 rings (SSSR count). The summed E-state index contributed by atoms with van der Waals surface area (Å²) in [6.45, 7) is 1.74. The number of carbonyl (C=O) groups excluding carboxylic acids is 1. The lowest BCUT2D eigenvalue weighted by atomic mass is 10.0. The summed E-state index contributed by atoms with van der Waals surface area (Å²) in [5, 5.41) is 29.4. The van der Waals surface area contributed by atoms with Crippen LogP contribution in [0.15, 0.2) is 30.4 Å². The minimum atomic E-state index is -0.638. The predicted molar refractivity (Wildman–Crippen MR) is 87.3 cm³/mol. The van der Waals surface area contributed by atoms with E-state index in [1.54, 1.807) is 25.2 Å². The first kappa shape index (κ1) is 17.1. The van der Waals surface area contributed by atoms with Crippen LogP contribution in [0.25, 0.3) is 6.08 Å². The average molecular weight is 318 g/mol. The third-order valence-corrected chi connectivity index (χ3v) is 3.64. The fourth-order valence-electron chi connectivity index (χ4n) is 2.46. The van der Waals surface area contributed by atoms with Crippen molar-refractivity contribution >= 4 is 12.0 Å². The Morgan fingerprint density at radius 3 is 2.78 bits per heavy atom. The van der Waals surface area contributed by atoms with Crippen molar-refractivity contribution in [3.63, 3.8) is 0 Å². The molecule has 1 heterocycles. The molecule has 0 unspecified atom stereocenters. The number of hydrogen-bond acceptors (Lipinski definition) is 5. The van der Waals surface area contributed by atoms with Gasteiger partial charge in [-0.1, -0.05) is 24.3 Å². The number of aliphatic hydroxyl groups is 1. The van der Waals surface area contributed by atoms with Gasteiger partial charge in [-0.05, 0) is 37.8 Å². The minimum Gasteiger partial charge on any atom is -0.508 e. The first-order chi connectivity index (χ1) is 11.0. The number of esters is 1. The summed E-state index contributed by atoms with van der Waals surface area (Å²) in [6.07, 6.45) is 8.76. The van der Waals surface area contributed by atoms with Gasteiger partial charge >= 0.3 is 5.97 Å². The number of phenolic OH excluding ortho intramolecular Hbond substituents is 2. The highest BCUT2D eigenvalue weighted by atomic mass is 16.5. The minimum absolute atomic E-state index is 0.0481. The zero-order valence-electron chi connectivity index (χ0n) is 13.1. The highest BCUT2D eigenvalue weighted by Crippen LogP contribution is 2.29. The van der Waals surface area contributed by atoms with Crippen LogP contribution >= 0.6 is 0 Å². The van der Waals surface area contributed by atoms with E-state index in [-0.39, 0.29) is 23.2 Å². The number of phenols is 2. The third-order valence-electron chi connectivity index (χ3n) is 3.64. The summed E-state index contributed by atoms with van der Waals surface area (Å²) in [5.74, 6) is -1.06. The molecular weight excluding hydrogens is 296 g/mol. The van der Waals surface area contributed by atoms with E-state index < -0.39 is 12.1 Å². The molecule has 0 fully saturated rings. The molecular formula is C18H22O5. The van der Waals surface area contributed by atoms with E-state index in [1.165, 1.54) is 6.07 Å². The first-order valence-corrected chi connectivity index (χ1v) is 7.75. The van der Waals surface area contributed by atoms with E-state index in [4.69, 9.17) is 4.74 Å². The lowest BCUT2D eigenvalue weighted by Gasteiger charge is -2.15. The van der Waals surface area contributed by atoms with Crippen molar-refractivity contribution in [3.05, 3.63) is 41.5 Å². The lowest BCUT2D eigenvalue weighted by molar-refractivity contribution is 0.0344. The number of ether oxygens (including phenoxy) is 1. The molecule has 1 aliphatic heterocycles. The second-order valence-corrected chi connectivity index (χ2v) is 5.71. The van der Waals surface area contributed by atoms with E-state index in [2.05, 4.69) is 0 Å². The zero-order valence-corrected chi connectivity index (χ0v) is 13.1. The number of carbonyl (C=O) groups is 1. The molecule has 5 heteroatoms. The van der Waals surface area contributed by atoms with Crippen LogP contribution in [-0.2, 0) is 4.74 Å². The van der Waals surface area contributed by atoms with Crippen LogP contribution in [0.1, 0.15) is 48.5 Å². The van der Waals surface area contributed by atoms with Crippen molar-refractivity contribution in [3.8, 4) is 11.5 Å². The normalized spacial score (nSPS) is 25.7. The highest BCUT2D eigenvalue weighted by Gasteiger charge is 2.20. The van der Waals surface area contributed by atoms with Crippen molar-refractivity contribution in [2.45, 2.75) is 44.8 Å². The van der Waals surface area contributed by atoms with E-state index in [0.717, 1.165) is 12.5 Å². The number of allylic oxidation sites excluding steroid dienone is 1. The zero-order chi connectivity index (χ0) is 16.8. The van der Waals surface area contributed by atoms with Gasteiger partial charge in [-0.3, -0.25) is 0 Å². The van der Waals surface area contributed by atoms with Crippen LogP contribution in [0, 0.1) is 0 Å². The van der Waals surface area contributed by atoms with Gasteiger partial charge in [0, 0.05) is 12.5 Å². The number of fused-ring (bicyclic) bond motifs is 1. The van der Waals surface area contributed by atoms with Crippen molar-refractivity contribution in [2.75, 3.05) is 0 Å². The summed E-state index contributed by atoms with van der Waals surface area (Å²) in [7, 11) is 0. The molecule has 2 atom stereocenters. The largest absolute Gasteiger partial charge is 0.508 e. The van der Waals surface area contributed by atoms with Crippen molar-refractivity contribution in [1.29, 1.82) is 0 Å². The Bertz CT molecular complexity index is 618. The van der Waals surface area contributed by atoms with Crippen LogP contribution in [0.4, 0.5) is 0 Å². The lowest BCUT2D eigenvalue weighted by Crippen LogP contribution is -2.16. The standard InChI is InChI=1S/C18H22O5/c1-12-6-5-9-14(19)8-4-2-3-7-13-10-15(20)11-16(21)17(13)18(22)23-12/h3,5,7,9-12,14,19-21H,2,4,6,8H2,1H3/b7-3+,9-5+/t12-,14-/m0/s1. The van der Waals surface area contributed by atoms with Crippen LogP contribution in [0.3, 0.4) is 0 Å². The van der Waals surface area contributed by atoms with Gasteiger partial charge < -0.3 is 20.1 Å². The molecule has 3 N–H and O–H groups in total. The molecule has 23 heavy (non-hydrogen) atoms.